The van der Waals surface area contributed by atoms with Crippen molar-refractivity contribution < 1.29 is 8.42 Å². The van der Waals surface area contributed by atoms with Gasteiger partial charge in [-0.25, -0.2) is 23.1 Å². The fourth-order valence-electron chi connectivity index (χ4n) is 2.31. The Kier molecular flexibility index (Phi) is 5.57. The molecule has 0 aliphatic carbocycles. The van der Waals surface area contributed by atoms with E-state index in [-0.39, 0.29) is 0 Å². The van der Waals surface area contributed by atoms with Crippen LogP contribution in [0.2, 0.25) is 0 Å². The molecule has 2 heterocycles. The highest BCUT2D eigenvalue weighted by Crippen LogP contribution is 2.21. The Bertz CT molecular complexity index is 920. The molecule has 2 aromatic heterocycles. The van der Waals surface area contributed by atoms with E-state index in [0.29, 0.717) is 23.0 Å². The number of hydrogen-bond donors (Lipinski definition) is 1. The summed E-state index contributed by atoms with van der Waals surface area (Å²) in [4.78, 5) is 9.76. The van der Waals surface area contributed by atoms with Gasteiger partial charge in [-0.1, -0.05) is 37.3 Å². The lowest BCUT2D eigenvalue weighted by atomic mass is 10.2. The molecule has 0 aliphatic rings. The number of aromatic nitrogens is 2. The van der Waals surface area contributed by atoms with Crippen molar-refractivity contribution in [3.8, 4) is 11.4 Å². The van der Waals surface area contributed by atoms with Crippen molar-refractivity contribution in [1.82, 2.24) is 14.7 Å². The Hall–Kier alpha value is -2.09. The second kappa shape index (κ2) is 7.86. The van der Waals surface area contributed by atoms with Gasteiger partial charge in [0.25, 0.3) is 0 Å². The fourth-order valence-corrected chi connectivity index (χ4v) is 4.69. The van der Waals surface area contributed by atoms with Crippen LogP contribution in [0.25, 0.3) is 11.4 Å². The van der Waals surface area contributed by atoms with Gasteiger partial charge in [-0.05, 0) is 30.5 Å². The molecule has 0 aliphatic heterocycles. The van der Waals surface area contributed by atoms with E-state index in [1.165, 1.54) is 11.3 Å². The van der Waals surface area contributed by atoms with Crippen molar-refractivity contribution >= 4 is 21.4 Å². The van der Waals surface area contributed by atoms with E-state index in [1.54, 1.807) is 18.5 Å². The van der Waals surface area contributed by atoms with E-state index < -0.39 is 10.0 Å². The molecule has 1 aromatic carbocycles. The second-order valence-corrected chi connectivity index (χ2v) is 8.67. The van der Waals surface area contributed by atoms with Gasteiger partial charge >= 0.3 is 0 Å². The van der Waals surface area contributed by atoms with Crippen LogP contribution in [0.5, 0.6) is 0 Å². The molecule has 0 unspecified atom stereocenters. The molecule has 3 aromatic rings. The van der Waals surface area contributed by atoms with Crippen LogP contribution in [-0.4, -0.2) is 24.9 Å². The number of sulfonamides is 1. The molecule has 0 bridgehead atoms. The average Bonchev–Trinajstić information content (AvgIpc) is 3.13. The number of nitrogens with one attached hydrogen (secondary N) is 1. The Balaban J connectivity index is 1.58. The van der Waals surface area contributed by atoms with E-state index in [2.05, 4.69) is 14.7 Å². The molecule has 0 amide bonds. The van der Waals surface area contributed by atoms with Crippen molar-refractivity contribution in [3.63, 3.8) is 0 Å². The van der Waals surface area contributed by atoms with Crippen molar-refractivity contribution in [1.29, 1.82) is 0 Å². The van der Waals surface area contributed by atoms with Gasteiger partial charge in [-0.2, -0.15) is 0 Å². The topological polar surface area (TPSA) is 72.0 Å². The lowest BCUT2D eigenvalue weighted by Gasteiger charge is -2.05. The smallest absolute Gasteiger partial charge is 0.236 e. The monoisotopic (exact) mass is 373 g/mol. The number of aryl methyl sites for hydroxylation is 1. The third-order valence-corrected chi connectivity index (χ3v) is 6.88. The summed E-state index contributed by atoms with van der Waals surface area (Å²) in [6.07, 6.45) is 4.86. The van der Waals surface area contributed by atoms with Crippen LogP contribution in [0.4, 0.5) is 0 Å². The summed E-state index contributed by atoms with van der Waals surface area (Å²) in [7, 11) is -3.44. The zero-order valence-electron chi connectivity index (χ0n) is 13.8. The van der Waals surface area contributed by atoms with E-state index in [9.17, 15) is 8.42 Å². The molecular weight excluding hydrogens is 354 g/mol. The largest absolute Gasteiger partial charge is 0.250 e. The quantitative estimate of drug-likeness (QED) is 0.690. The third kappa shape index (κ3) is 4.50. The first-order valence-electron chi connectivity index (χ1n) is 8.03. The van der Waals surface area contributed by atoms with E-state index in [1.807, 2.05) is 43.3 Å². The third-order valence-electron chi connectivity index (χ3n) is 3.69. The standard InChI is InChI=1S/C18H19N3O2S2/c1-2-16-8-9-17(24-16)25(22,23)21-11-10-14-12-19-18(20-13-14)15-6-4-3-5-7-15/h3-9,12-13,21H,2,10-11H2,1H3. The molecule has 25 heavy (non-hydrogen) atoms. The van der Waals surface area contributed by atoms with Crippen LogP contribution in [-0.2, 0) is 22.9 Å². The van der Waals surface area contributed by atoms with Gasteiger partial charge < -0.3 is 0 Å². The maximum absolute atomic E-state index is 12.3. The van der Waals surface area contributed by atoms with Crippen molar-refractivity contribution in [2.75, 3.05) is 6.54 Å². The van der Waals surface area contributed by atoms with Crippen LogP contribution in [0.3, 0.4) is 0 Å². The van der Waals surface area contributed by atoms with Gasteiger partial charge in [0, 0.05) is 29.4 Å². The molecule has 0 atom stereocenters. The zero-order chi connectivity index (χ0) is 17.7. The number of thiophene rings is 1. The predicted octanol–water partition coefficient (Wildman–Crippen LogP) is 3.29. The van der Waals surface area contributed by atoms with Gasteiger partial charge in [-0.3, -0.25) is 0 Å². The highest BCUT2D eigenvalue weighted by molar-refractivity contribution is 7.91. The van der Waals surface area contributed by atoms with Crippen molar-refractivity contribution in [3.05, 3.63) is 65.3 Å². The van der Waals surface area contributed by atoms with Gasteiger partial charge in [0.05, 0.1) is 0 Å². The lowest BCUT2D eigenvalue weighted by molar-refractivity contribution is 0.583. The van der Waals surface area contributed by atoms with E-state index in [4.69, 9.17) is 0 Å². The fraction of sp³-hybridized carbons (Fsp3) is 0.222. The highest BCUT2D eigenvalue weighted by atomic mass is 32.2. The van der Waals surface area contributed by atoms with Crippen LogP contribution < -0.4 is 4.72 Å². The second-order valence-electron chi connectivity index (χ2n) is 5.50. The highest BCUT2D eigenvalue weighted by Gasteiger charge is 2.15. The minimum Gasteiger partial charge on any atom is -0.236 e. The summed E-state index contributed by atoms with van der Waals surface area (Å²) < 4.78 is 27.5. The summed E-state index contributed by atoms with van der Waals surface area (Å²) in [5, 5.41) is 0. The molecule has 3 rings (SSSR count). The maximum Gasteiger partial charge on any atom is 0.250 e. The lowest BCUT2D eigenvalue weighted by Crippen LogP contribution is -2.25. The van der Waals surface area contributed by atoms with Crippen LogP contribution in [0.15, 0.2) is 59.1 Å². The number of hydrogen-bond acceptors (Lipinski definition) is 5. The average molecular weight is 374 g/mol. The number of nitrogens with zero attached hydrogens (tertiary/aromatic N) is 2. The normalized spacial score (nSPS) is 11.6. The molecule has 0 spiro atoms. The Morgan fingerprint density at radius 1 is 1.04 bits per heavy atom. The summed E-state index contributed by atoms with van der Waals surface area (Å²) in [5.41, 5.74) is 1.85. The summed E-state index contributed by atoms with van der Waals surface area (Å²) in [5.74, 6) is 0.663. The first-order chi connectivity index (χ1) is 12.1. The Morgan fingerprint density at radius 2 is 1.76 bits per heavy atom. The number of benzene rings is 1. The molecule has 130 valence electrons. The Morgan fingerprint density at radius 3 is 2.40 bits per heavy atom. The molecule has 5 nitrogen and oxygen atoms in total. The zero-order valence-corrected chi connectivity index (χ0v) is 15.5. The van der Waals surface area contributed by atoms with E-state index >= 15 is 0 Å². The van der Waals surface area contributed by atoms with E-state index in [0.717, 1.165) is 22.4 Å². The SMILES string of the molecule is CCc1ccc(S(=O)(=O)NCCc2cnc(-c3ccccc3)nc2)s1. The van der Waals surface area contributed by atoms with Gasteiger partial charge in [-0.15, -0.1) is 11.3 Å². The van der Waals surface area contributed by atoms with Gasteiger partial charge in [0.1, 0.15) is 4.21 Å². The predicted molar refractivity (Wildman–Crippen MR) is 100 cm³/mol. The summed E-state index contributed by atoms with van der Waals surface area (Å²) >= 11 is 1.31. The Labute approximate surface area is 151 Å². The first-order valence-corrected chi connectivity index (χ1v) is 10.3. The summed E-state index contributed by atoms with van der Waals surface area (Å²) in [6, 6.07) is 13.2. The molecule has 0 saturated carbocycles. The first kappa shape index (κ1) is 17.7. The molecule has 1 N–H and O–H groups in total. The molecular formula is C18H19N3O2S2. The van der Waals surface area contributed by atoms with Crippen LogP contribution in [0.1, 0.15) is 17.4 Å². The minimum atomic E-state index is -3.44. The van der Waals surface area contributed by atoms with Crippen molar-refractivity contribution in [2.24, 2.45) is 0 Å². The molecule has 0 fully saturated rings. The van der Waals surface area contributed by atoms with Gasteiger partial charge in [0.15, 0.2) is 5.82 Å². The summed E-state index contributed by atoms with van der Waals surface area (Å²) in [6.45, 7) is 2.32. The molecule has 0 radical (unpaired) electrons. The number of rotatable bonds is 7. The van der Waals surface area contributed by atoms with Crippen molar-refractivity contribution in [2.45, 2.75) is 24.0 Å². The molecule has 0 saturated heterocycles. The van der Waals surface area contributed by atoms with Crippen LogP contribution in [0, 0.1) is 0 Å². The van der Waals surface area contributed by atoms with Gasteiger partial charge in [0.2, 0.25) is 10.0 Å². The minimum absolute atomic E-state index is 0.315. The maximum atomic E-state index is 12.3. The molecule has 7 heteroatoms. The van der Waals surface area contributed by atoms with Crippen LogP contribution >= 0.6 is 11.3 Å².